The fourth-order valence-electron chi connectivity index (χ4n) is 3.49. The molecule has 1 unspecified atom stereocenters. The summed E-state index contributed by atoms with van der Waals surface area (Å²) in [5.74, 6) is 0.157. The molecule has 3 rings (SSSR count). The predicted molar refractivity (Wildman–Crippen MR) is 115 cm³/mol. The van der Waals surface area contributed by atoms with Gasteiger partial charge in [0, 0.05) is 18.1 Å². The van der Waals surface area contributed by atoms with Gasteiger partial charge in [0.25, 0.3) is 0 Å². The van der Waals surface area contributed by atoms with Gasteiger partial charge >= 0.3 is 0 Å². The zero-order valence-electron chi connectivity index (χ0n) is 16.8. The molecule has 1 saturated heterocycles. The molecule has 2 aromatic rings. The van der Waals surface area contributed by atoms with Crippen LogP contribution in [0.5, 0.6) is 0 Å². The smallest absolute Gasteiger partial charge is 0.244 e. The van der Waals surface area contributed by atoms with Gasteiger partial charge in [-0.25, -0.2) is 8.42 Å². The van der Waals surface area contributed by atoms with E-state index in [0.717, 1.165) is 18.4 Å². The van der Waals surface area contributed by atoms with Crippen molar-refractivity contribution in [3.05, 3.63) is 64.7 Å². The van der Waals surface area contributed by atoms with E-state index in [9.17, 15) is 13.2 Å². The third kappa shape index (κ3) is 5.18. The highest BCUT2D eigenvalue weighted by Gasteiger charge is 2.36. The van der Waals surface area contributed by atoms with Gasteiger partial charge in [-0.15, -0.1) is 0 Å². The van der Waals surface area contributed by atoms with E-state index >= 15 is 0 Å². The molecular weight excluding hydrogens is 408 g/mol. The van der Waals surface area contributed by atoms with Crippen LogP contribution < -0.4 is 5.32 Å². The molecule has 0 aromatic heterocycles. The number of carbonyl (C=O) groups excluding carboxylic acids is 1. The number of amides is 1. The van der Waals surface area contributed by atoms with Gasteiger partial charge in [-0.1, -0.05) is 49.7 Å². The molecule has 0 spiro atoms. The van der Waals surface area contributed by atoms with Crippen LogP contribution in [0.1, 0.15) is 50.2 Å². The van der Waals surface area contributed by atoms with Crippen molar-refractivity contribution in [3.8, 4) is 0 Å². The van der Waals surface area contributed by atoms with Crippen molar-refractivity contribution in [1.82, 2.24) is 9.62 Å². The summed E-state index contributed by atoms with van der Waals surface area (Å²) < 4.78 is 28.3. The topological polar surface area (TPSA) is 66.5 Å². The van der Waals surface area contributed by atoms with E-state index in [1.807, 2.05) is 24.3 Å². The van der Waals surface area contributed by atoms with E-state index in [0.29, 0.717) is 23.9 Å². The third-order valence-corrected chi connectivity index (χ3v) is 7.38. The molecule has 1 atom stereocenters. The second kappa shape index (κ2) is 9.28. The summed E-state index contributed by atoms with van der Waals surface area (Å²) in [6.45, 7) is 4.94. The summed E-state index contributed by atoms with van der Waals surface area (Å²) in [5, 5.41) is 3.32. The molecule has 0 radical (unpaired) electrons. The van der Waals surface area contributed by atoms with Crippen molar-refractivity contribution < 1.29 is 13.2 Å². The minimum absolute atomic E-state index is 0.137. The van der Waals surface area contributed by atoms with Crippen LogP contribution in [0.2, 0.25) is 5.02 Å². The lowest BCUT2D eigenvalue weighted by atomic mass is 10.0. The molecule has 1 fully saturated rings. The SMILES string of the molecule is CC(C)c1ccc(CN(C2CCCCNC2=O)S(=O)(=O)c2ccc(Cl)cc2)cc1. The van der Waals surface area contributed by atoms with Crippen LogP contribution >= 0.6 is 11.6 Å². The number of nitrogens with zero attached hydrogens (tertiary/aromatic N) is 1. The Morgan fingerprint density at radius 1 is 1.07 bits per heavy atom. The Bertz CT molecular complexity index is 941. The zero-order chi connectivity index (χ0) is 21.0. The first-order valence-corrected chi connectivity index (χ1v) is 11.7. The lowest BCUT2D eigenvalue weighted by molar-refractivity contribution is -0.124. The van der Waals surface area contributed by atoms with Crippen molar-refractivity contribution in [2.75, 3.05) is 6.54 Å². The number of carbonyl (C=O) groups is 1. The molecule has 1 aliphatic rings. The van der Waals surface area contributed by atoms with Crippen molar-refractivity contribution in [3.63, 3.8) is 0 Å². The summed E-state index contributed by atoms with van der Waals surface area (Å²) in [6.07, 6.45) is 2.14. The number of halogens is 1. The van der Waals surface area contributed by atoms with E-state index in [4.69, 9.17) is 11.6 Å². The second-order valence-electron chi connectivity index (χ2n) is 7.70. The highest BCUT2D eigenvalue weighted by Crippen LogP contribution is 2.26. The fourth-order valence-corrected chi connectivity index (χ4v) is 5.22. The maximum absolute atomic E-state index is 13.5. The number of hydrogen-bond acceptors (Lipinski definition) is 3. The van der Waals surface area contributed by atoms with Crippen LogP contribution in [-0.4, -0.2) is 31.2 Å². The van der Waals surface area contributed by atoms with Gasteiger partial charge in [-0.2, -0.15) is 4.31 Å². The first-order chi connectivity index (χ1) is 13.8. The molecule has 0 saturated carbocycles. The normalized spacial score (nSPS) is 18.0. The van der Waals surface area contributed by atoms with Crippen molar-refractivity contribution in [2.24, 2.45) is 0 Å². The van der Waals surface area contributed by atoms with Crippen LogP contribution in [0.25, 0.3) is 0 Å². The fraction of sp³-hybridized carbons (Fsp3) is 0.409. The Morgan fingerprint density at radius 2 is 1.72 bits per heavy atom. The zero-order valence-corrected chi connectivity index (χ0v) is 18.3. The molecule has 1 heterocycles. The lowest BCUT2D eigenvalue weighted by Crippen LogP contribution is -2.48. The maximum atomic E-state index is 13.5. The number of sulfonamides is 1. The Hall–Kier alpha value is -1.89. The summed E-state index contributed by atoms with van der Waals surface area (Å²) in [4.78, 5) is 12.8. The molecule has 1 aliphatic heterocycles. The summed E-state index contributed by atoms with van der Waals surface area (Å²) in [5.41, 5.74) is 2.04. The minimum atomic E-state index is -3.88. The summed E-state index contributed by atoms with van der Waals surface area (Å²) in [7, 11) is -3.88. The van der Waals surface area contributed by atoms with Crippen molar-refractivity contribution >= 4 is 27.5 Å². The lowest BCUT2D eigenvalue weighted by Gasteiger charge is -2.29. The Balaban J connectivity index is 1.98. The van der Waals surface area contributed by atoms with Gasteiger partial charge in [0.2, 0.25) is 15.9 Å². The molecule has 1 N–H and O–H groups in total. The van der Waals surface area contributed by atoms with Crippen LogP contribution in [0, 0.1) is 0 Å². The molecule has 5 nitrogen and oxygen atoms in total. The first-order valence-electron chi connectivity index (χ1n) is 9.93. The van der Waals surface area contributed by atoms with E-state index in [1.54, 1.807) is 12.1 Å². The number of nitrogens with one attached hydrogen (secondary N) is 1. The second-order valence-corrected chi connectivity index (χ2v) is 10.0. The molecule has 1 amide bonds. The van der Waals surface area contributed by atoms with Gasteiger partial charge in [-0.3, -0.25) is 4.79 Å². The third-order valence-electron chi connectivity index (χ3n) is 5.26. The van der Waals surface area contributed by atoms with E-state index in [1.165, 1.54) is 22.0 Å². The molecule has 0 aliphatic carbocycles. The van der Waals surface area contributed by atoms with Crippen LogP contribution in [0.15, 0.2) is 53.4 Å². The standard InChI is InChI=1S/C22H27ClN2O3S/c1-16(2)18-8-6-17(7-9-18)15-25(21-5-3-4-14-24-22(21)26)29(27,28)20-12-10-19(23)11-13-20/h6-13,16,21H,3-5,14-15H2,1-2H3,(H,24,26). The molecule has 29 heavy (non-hydrogen) atoms. The summed E-state index contributed by atoms with van der Waals surface area (Å²) in [6, 6.07) is 13.3. The van der Waals surface area contributed by atoms with Gasteiger partial charge in [0.15, 0.2) is 0 Å². The highest BCUT2D eigenvalue weighted by molar-refractivity contribution is 7.89. The van der Waals surface area contributed by atoms with Crippen LogP contribution in [-0.2, 0) is 21.4 Å². The molecule has 2 aromatic carbocycles. The monoisotopic (exact) mass is 434 g/mol. The van der Waals surface area contributed by atoms with Gasteiger partial charge in [-0.05, 0) is 60.6 Å². The van der Waals surface area contributed by atoms with Gasteiger partial charge in [0.1, 0.15) is 6.04 Å². The first kappa shape index (κ1) is 21.8. The average Bonchev–Trinajstić information content (AvgIpc) is 2.91. The van der Waals surface area contributed by atoms with E-state index < -0.39 is 16.1 Å². The Morgan fingerprint density at radius 3 is 2.34 bits per heavy atom. The van der Waals surface area contributed by atoms with E-state index in [2.05, 4.69) is 19.2 Å². The van der Waals surface area contributed by atoms with Crippen LogP contribution in [0.3, 0.4) is 0 Å². The van der Waals surface area contributed by atoms with Crippen molar-refractivity contribution in [1.29, 1.82) is 0 Å². The largest absolute Gasteiger partial charge is 0.355 e. The molecular formula is C22H27ClN2O3S. The number of rotatable bonds is 6. The minimum Gasteiger partial charge on any atom is -0.355 e. The molecule has 0 bridgehead atoms. The molecule has 156 valence electrons. The Kier molecular flexibility index (Phi) is 6.98. The highest BCUT2D eigenvalue weighted by atomic mass is 35.5. The van der Waals surface area contributed by atoms with Crippen molar-refractivity contribution in [2.45, 2.75) is 56.5 Å². The van der Waals surface area contributed by atoms with Crippen LogP contribution in [0.4, 0.5) is 0 Å². The number of hydrogen-bond donors (Lipinski definition) is 1. The number of benzene rings is 2. The average molecular weight is 435 g/mol. The maximum Gasteiger partial charge on any atom is 0.244 e. The Labute approximate surface area is 178 Å². The van der Waals surface area contributed by atoms with Gasteiger partial charge < -0.3 is 5.32 Å². The van der Waals surface area contributed by atoms with Gasteiger partial charge in [0.05, 0.1) is 4.90 Å². The summed E-state index contributed by atoms with van der Waals surface area (Å²) >= 11 is 5.93. The quantitative estimate of drug-likeness (QED) is 0.736. The molecule has 7 heteroatoms. The van der Waals surface area contributed by atoms with E-state index in [-0.39, 0.29) is 17.3 Å². The predicted octanol–water partition coefficient (Wildman–Crippen LogP) is 4.32.